The van der Waals surface area contributed by atoms with E-state index < -0.39 is 0 Å². The minimum Gasteiger partial charge on any atom is -0.326 e. The molecule has 0 saturated carbocycles. The molecule has 0 atom stereocenters. The largest absolute Gasteiger partial charge is 0.326 e. The van der Waals surface area contributed by atoms with E-state index in [1.54, 1.807) is 12.4 Å². The van der Waals surface area contributed by atoms with Crippen LogP contribution in [0.1, 0.15) is 19.3 Å². The van der Waals surface area contributed by atoms with Crippen molar-refractivity contribution >= 4 is 34.6 Å². The molecule has 29 heavy (non-hydrogen) atoms. The van der Waals surface area contributed by atoms with Gasteiger partial charge in [0.25, 0.3) is 0 Å². The summed E-state index contributed by atoms with van der Waals surface area (Å²) in [5.74, 6) is -0.196. The summed E-state index contributed by atoms with van der Waals surface area (Å²) in [6.45, 7) is 0. The number of aliphatic imine (C=N–C) groups is 2. The molecule has 2 aliphatic heterocycles. The van der Waals surface area contributed by atoms with Crippen molar-refractivity contribution in [3.8, 4) is 0 Å². The summed E-state index contributed by atoms with van der Waals surface area (Å²) in [6, 6.07) is 18.7. The number of carbonyl (C=O) groups is 2. The molecular formula is C23H20N4O2. The van der Waals surface area contributed by atoms with Crippen LogP contribution in [-0.4, -0.2) is 23.2 Å². The van der Waals surface area contributed by atoms with Gasteiger partial charge in [-0.05, 0) is 35.4 Å². The lowest BCUT2D eigenvalue weighted by molar-refractivity contribution is -0.115. The summed E-state index contributed by atoms with van der Waals surface area (Å²) >= 11 is 0. The molecule has 2 N–H and O–H groups in total. The second-order valence-electron chi connectivity index (χ2n) is 6.82. The lowest BCUT2D eigenvalue weighted by Crippen LogP contribution is -2.24. The molecule has 144 valence electrons. The highest BCUT2D eigenvalue weighted by molar-refractivity contribution is 6.19. The van der Waals surface area contributed by atoms with Crippen LogP contribution >= 0.6 is 0 Å². The minimum atomic E-state index is -0.0979. The molecule has 0 aliphatic carbocycles. The van der Waals surface area contributed by atoms with Crippen molar-refractivity contribution in [1.29, 1.82) is 0 Å². The van der Waals surface area contributed by atoms with Gasteiger partial charge in [0.2, 0.25) is 11.8 Å². The molecule has 6 heteroatoms. The van der Waals surface area contributed by atoms with Gasteiger partial charge in [0.15, 0.2) is 0 Å². The van der Waals surface area contributed by atoms with Crippen molar-refractivity contribution in [2.75, 3.05) is 10.6 Å². The van der Waals surface area contributed by atoms with Crippen LogP contribution in [0.4, 0.5) is 11.4 Å². The molecule has 0 saturated heterocycles. The number of amides is 2. The maximum absolute atomic E-state index is 12.2. The van der Waals surface area contributed by atoms with E-state index in [1.807, 2.05) is 60.7 Å². The number of hydrogen-bond donors (Lipinski definition) is 2. The zero-order valence-corrected chi connectivity index (χ0v) is 15.8. The van der Waals surface area contributed by atoms with E-state index in [2.05, 4.69) is 20.6 Å². The number of nitrogens with zero attached hydrogens (tertiary/aromatic N) is 2. The molecule has 0 radical (unpaired) electrons. The van der Waals surface area contributed by atoms with Gasteiger partial charge < -0.3 is 10.6 Å². The number of anilines is 2. The Labute approximate surface area is 168 Å². The van der Waals surface area contributed by atoms with Gasteiger partial charge in [0.1, 0.15) is 0 Å². The van der Waals surface area contributed by atoms with Crippen LogP contribution in [0.25, 0.3) is 0 Å². The topological polar surface area (TPSA) is 82.9 Å². The van der Waals surface area contributed by atoms with E-state index in [0.717, 1.165) is 33.9 Å². The number of carbonyl (C=O) groups excluding carboxylic acids is 2. The van der Waals surface area contributed by atoms with E-state index in [9.17, 15) is 9.59 Å². The summed E-state index contributed by atoms with van der Waals surface area (Å²) in [7, 11) is 0. The summed E-state index contributed by atoms with van der Waals surface area (Å²) in [5.41, 5.74) is 5.11. The van der Waals surface area contributed by atoms with Crippen molar-refractivity contribution < 1.29 is 9.59 Å². The number of hydrogen-bond acceptors (Lipinski definition) is 4. The zero-order chi connectivity index (χ0) is 20.1. The first-order valence-electron chi connectivity index (χ1n) is 9.39. The second kappa shape index (κ2) is 8.48. The Hall–Kier alpha value is -3.80. The molecule has 4 rings (SSSR count). The Balaban J connectivity index is 1.23. The normalized spacial score (nSPS) is 14.3. The van der Waals surface area contributed by atoms with Gasteiger partial charge in [0.05, 0.1) is 24.3 Å². The molecule has 2 aromatic rings. The highest BCUT2D eigenvalue weighted by Gasteiger charge is 2.24. The van der Waals surface area contributed by atoms with E-state index in [0.29, 0.717) is 6.42 Å². The van der Waals surface area contributed by atoms with Crippen molar-refractivity contribution in [2.24, 2.45) is 9.98 Å². The molecule has 2 aromatic carbocycles. The number of allylic oxidation sites excluding steroid dienone is 2. The molecule has 0 unspecified atom stereocenters. The van der Waals surface area contributed by atoms with Crippen molar-refractivity contribution in [3.05, 3.63) is 84.2 Å². The van der Waals surface area contributed by atoms with E-state index in [4.69, 9.17) is 0 Å². The van der Waals surface area contributed by atoms with Crippen LogP contribution in [0.3, 0.4) is 0 Å². The van der Waals surface area contributed by atoms with Crippen LogP contribution in [0.15, 0.2) is 94.2 Å². The maximum atomic E-state index is 12.2. The number of para-hydroxylation sites is 2. The van der Waals surface area contributed by atoms with E-state index >= 15 is 0 Å². The Bertz CT molecular complexity index is 965. The fourth-order valence-corrected chi connectivity index (χ4v) is 3.07. The highest BCUT2D eigenvalue weighted by Crippen LogP contribution is 2.27. The average molecular weight is 384 g/mol. The zero-order valence-electron chi connectivity index (χ0n) is 15.8. The van der Waals surface area contributed by atoms with Crippen LogP contribution in [0.5, 0.6) is 0 Å². The van der Waals surface area contributed by atoms with Gasteiger partial charge in [-0.2, -0.15) is 0 Å². The van der Waals surface area contributed by atoms with Crippen LogP contribution in [-0.2, 0) is 9.59 Å². The standard InChI is InChI=1S/C23H20N4O2/c28-22(26-18-7-3-1-4-8-18)12-20-16(14-24-20)11-17-15-25-21(17)13-23(29)27-19-9-5-2-6-10-19/h1-10,14-15H,11-13H2,(H,26,28)(H,27,29). The monoisotopic (exact) mass is 384 g/mol. The summed E-state index contributed by atoms with van der Waals surface area (Å²) in [5, 5.41) is 5.73. The SMILES string of the molecule is O=C(CC1=NC=C1CC1=CN=C1CC(=O)Nc1ccccc1)Nc1ccccc1. The Kier molecular flexibility index (Phi) is 5.42. The first kappa shape index (κ1) is 18.6. The number of rotatable bonds is 8. The van der Waals surface area contributed by atoms with Crippen molar-refractivity contribution in [2.45, 2.75) is 19.3 Å². The quantitative estimate of drug-likeness (QED) is 0.718. The maximum Gasteiger partial charge on any atom is 0.230 e. The molecule has 2 aliphatic rings. The molecular weight excluding hydrogens is 364 g/mol. The van der Waals surface area contributed by atoms with Crippen LogP contribution < -0.4 is 10.6 Å². The molecule has 0 spiro atoms. The van der Waals surface area contributed by atoms with Gasteiger partial charge >= 0.3 is 0 Å². The minimum absolute atomic E-state index is 0.0979. The molecule has 0 aromatic heterocycles. The third kappa shape index (κ3) is 4.73. The van der Waals surface area contributed by atoms with Gasteiger partial charge in [-0.25, -0.2) is 0 Å². The lowest BCUT2D eigenvalue weighted by Gasteiger charge is -2.21. The van der Waals surface area contributed by atoms with Gasteiger partial charge in [-0.1, -0.05) is 36.4 Å². The first-order chi connectivity index (χ1) is 14.2. The fourth-order valence-electron chi connectivity index (χ4n) is 3.07. The molecule has 6 nitrogen and oxygen atoms in total. The second-order valence-corrected chi connectivity index (χ2v) is 6.82. The van der Waals surface area contributed by atoms with Crippen LogP contribution in [0, 0.1) is 0 Å². The smallest absolute Gasteiger partial charge is 0.230 e. The van der Waals surface area contributed by atoms with Crippen LogP contribution in [0.2, 0.25) is 0 Å². The Morgan fingerprint density at radius 1 is 0.655 bits per heavy atom. The Morgan fingerprint density at radius 2 is 1.07 bits per heavy atom. The van der Waals surface area contributed by atoms with Gasteiger partial charge in [-0.15, -0.1) is 0 Å². The molecule has 0 fully saturated rings. The van der Waals surface area contributed by atoms with E-state index in [1.165, 1.54) is 0 Å². The predicted molar refractivity (Wildman–Crippen MR) is 115 cm³/mol. The third-order valence-corrected chi connectivity index (χ3v) is 4.65. The first-order valence-corrected chi connectivity index (χ1v) is 9.39. The van der Waals surface area contributed by atoms with Gasteiger partial charge in [-0.3, -0.25) is 19.6 Å². The summed E-state index contributed by atoms with van der Waals surface area (Å²) in [4.78, 5) is 32.9. The molecule has 2 amide bonds. The summed E-state index contributed by atoms with van der Waals surface area (Å²) in [6.07, 6.45) is 4.64. The predicted octanol–water partition coefficient (Wildman–Crippen LogP) is 4.11. The van der Waals surface area contributed by atoms with Gasteiger partial charge in [0, 0.05) is 30.2 Å². The Morgan fingerprint density at radius 3 is 1.41 bits per heavy atom. The van der Waals surface area contributed by atoms with E-state index in [-0.39, 0.29) is 24.7 Å². The lowest BCUT2D eigenvalue weighted by atomic mass is 9.91. The van der Waals surface area contributed by atoms with Crippen molar-refractivity contribution in [1.82, 2.24) is 0 Å². The average Bonchev–Trinajstić information content (AvgIpc) is 2.70. The fraction of sp³-hybridized carbons (Fsp3) is 0.130. The number of nitrogens with one attached hydrogen (secondary N) is 2. The molecule has 0 bridgehead atoms. The van der Waals surface area contributed by atoms with Crippen molar-refractivity contribution in [3.63, 3.8) is 0 Å². The molecule has 2 heterocycles. The number of benzene rings is 2. The highest BCUT2D eigenvalue weighted by atomic mass is 16.2. The summed E-state index contributed by atoms with van der Waals surface area (Å²) < 4.78 is 0. The third-order valence-electron chi connectivity index (χ3n) is 4.65.